The van der Waals surface area contributed by atoms with Gasteiger partial charge in [-0.1, -0.05) is 48.6 Å². The molecule has 0 amide bonds. The molecule has 0 heterocycles. The Morgan fingerprint density at radius 3 is 2.38 bits per heavy atom. The van der Waals surface area contributed by atoms with Crippen LogP contribution in [0.2, 0.25) is 0 Å². The van der Waals surface area contributed by atoms with Crippen LogP contribution in [0.25, 0.3) is 21.5 Å². The molecule has 7 unspecified atom stereocenters. The van der Waals surface area contributed by atoms with Gasteiger partial charge in [-0.15, -0.1) is 0 Å². The van der Waals surface area contributed by atoms with Gasteiger partial charge in [0.05, 0.1) is 0 Å². The van der Waals surface area contributed by atoms with Crippen LogP contribution in [0.5, 0.6) is 5.75 Å². The zero-order chi connectivity index (χ0) is 21.6. The maximum Gasteiger partial charge on any atom is 0.311 e. The Balaban J connectivity index is 1.15. The summed E-state index contributed by atoms with van der Waals surface area (Å²) in [5.74, 6) is 0.678. The molecule has 4 aliphatic rings. The zero-order valence-electron chi connectivity index (χ0n) is 17.4. The quantitative estimate of drug-likeness (QED) is 0.201. The lowest BCUT2D eigenvalue weighted by molar-refractivity contribution is -0.136. The molecule has 158 valence electrons. The minimum absolute atomic E-state index is 0.0161. The lowest BCUT2D eigenvalue weighted by Gasteiger charge is -2.33. The Hall–Kier alpha value is -3.27. The molecule has 7 atom stereocenters. The van der Waals surface area contributed by atoms with E-state index in [0.29, 0.717) is 12.2 Å². The number of rotatable bonds is 3. The lowest BCUT2D eigenvalue weighted by Crippen LogP contribution is -2.32. The van der Waals surface area contributed by atoms with Crippen LogP contribution in [0.1, 0.15) is 12.8 Å². The van der Waals surface area contributed by atoms with Gasteiger partial charge < -0.3 is 4.74 Å². The van der Waals surface area contributed by atoms with Crippen LogP contribution in [0.3, 0.4) is 0 Å². The first-order chi connectivity index (χ1) is 15.6. The van der Waals surface area contributed by atoms with Crippen LogP contribution in [0, 0.1) is 41.4 Å². The van der Waals surface area contributed by atoms with Crippen molar-refractivity contribution in [2.45, 2.75) is 12.8 Å². The molecule has 32 heavy (non-hydrogen) atoms. The normalized spacial score (nSPS) is 34.1. The Morgan fingerprint density at radius 2 is 1.56 bits per heavy atom. The molecule has 4 nitrogen and oxygen atoms in total. The van der Waals surface area contributed by atoms with E-state index < -0.39 is 0 Å². The third-order valence-corrected chi connectivity index (χ3v) is 8.45. The number of carbonyl (C=O) groups is 3. The van der Waals surface area contributed by atoms with Crippen LogP contribution in [-0.2, 0) is 14.4 Å². The van der Waals surface area contributed by atoms with E-state index in [9.17, 15) is 14.4 Å². The summed E-state index contributed by atoms with van der Waals surface area (Å²) in [7, 11) is 0. The average Bonchev–Trinajstić information content (AvgIpc) is 3.48. The largest absolute Gasteiger partial charge is 0.426 e. The highest BCUT2D eigenvalue weighted by Crippen LogP contribution is 2.64. The van der Waals surface area contributed by atoms with E-state index in [0.717, 1.165) is 21.5 Å². The van der Waals surface area contributed by atoms with Gasteiger partial charge in [-0.2, -0.15) is 0 Å². The van der Waals surface area contributed by atoms with Gasteiger partial charge in [0.25, 0.3) is 0 Å². The molecule has 4 bridgehead atoms. The molecule has 3 aromatic rings. The third kappa shape index (κ3) is 2.35. The van der Waals surface area contributed by atoms with Gasteiger partial charge in [-0.3, -0.25) is 14.4 Å². The smallest absolute Gasteiger partial charge is 0.311 e. The standard InChI is InChI=1S/C28H22O4/c29-23(32-22-7-3-6-16-10-14-4-1-2-5-15(14)11-20(16)22)13-17-12-21-25-18-8-9-19(27(18)30)26(25)24(17)28(21)31/h1-11,17-19,21,24-26H,12-13H2. The minimum Gasteiger partial charge on any atom is -0.426 e. The van der Waals surface area contributed by atoms with Crippen LogP contribution in [-0.4, -0.2) is 17.5 Å². The molecule has 0 radical (unpaired) electrons. The minimum atomic E-state index is -0.294. The number of carbonyl (C=O) groups excluding carboxylic acids is 3. The van der Waals surface area contributed by atoms with Crippen molar-refractivity contribution in [3.63, 3.8) is 0 Å². The molecule has 0 N–H and O–H groups in total. The van der Waals surface area contributed by atoms with E-state index >= 15 is 0 Å². The van der Waals surface area contributed by atoms with Crippen molar-refractivity contribution in [3.05, 3.63) is 66.7 Å². The summed E-state index contributed by atoms with van der Waals surface area (Å²) in [4.78, 5) is 38.5. The van der Waals surface area contributed by atoms with E-state index in [1.54, 1.807) is 0 Å². The van der Waals surface area contributed by atoms with Gasteiger partial charge in [-0.05, 0) is 58.5 Å². The fourth-order valence-corrected chi connectivity index (χ4v) is 7.28. The highest BCUT2D eigenvalue weighted by atomic mass is 16.5. The molecule has 4 aliphatic carbocycles. The van der Waals surface area contributed by atoms with Gasteiger partial charge >= 0.3 is 5.97 Å². The number of ether oxygens (including phenoxy) is 1. The van der Waals surface area contributed by atoms with Crippen LogP contribution in [0.4, 0.5) is 0 Å². The summed E-state index contributed by atoms with van der Waals surface area (Å²) in [6.45, 7) is 0. The van der Waals surface area contributed by atoms with Crippen molar-refractivity contribution in [1.29, 1.82) is 0 Å². The second kappa shape index (κ2) is 6.38. The molecule has 3 saturated carbocycles. The Labute approximate surface area is 185 Å². The predicted molar refractivity (Wildman–Crippen MR) is 120 cm³/mol. The second-order valence-electron chi connectivity index (χ2n) is 9.88. The molecule has 0 aromatic heterocycles. The summed E-state index contributed by atoms with van der Waals surface area (Å²) < 4.78 is 5.84. The number of Topliss-reactive ketones (excluding diaryl/α,β-unsaturated/α-hetero) is 2. The third-order valence-electron chi connectivity index (χ3n) is 8.45. The summed E-state index contributed by atoms with van der Waals surface area (Å²) in [5.41, 5.74) is 0. The Bertz CT molecular complexity index is 1370. The van der Waals surface area contributed by atoms with Gasteiger partial charge in [0.15, 0.2) is 0 Å². The van der Waals surface area contributed by atoms with Crippen molar-refractivity contribution < 1.29 is 19.1 Å². The molecule has 3 aromatic carbocycles. The number of esters is 1. The van der Waals surface area contributed by atoms with Crippen molar-refractivity contribution in [1.82, 2.24) is 0 Å². The number of benzene rings is 3. The van der Waals surface area contributed by atoms with Crippen molar-refractivity contribution in [2.24, 2.45) is 41.4 Å². The summed E-state index contributed by atoms with van der Waals surface area (Å²) >= 11 is 0. The van der Waals surface area contributed by atoms with Gasteiger partial charge in [0.2, 0.25) is 0 Å². The van der Waals surface area contributed by atoms with E-state index in [1.807, 2.05) is 42.5 Å². The predicted octanol–water partition coefficient (Wildman–Crippen LogP) is 4.74. The van der Waals surface area contributed by atoms with Crippen molar-refractivity contribution in [3.8, 4) is 5.75 Å². The fraction of sp³-hybridized carbons (Fsp3) is 0.321. The molecule has 0 spiro atoms. The molecular weight excluding hydrogens is 400 g/mol. The number of hydrogen-bond donors (Lipinski definition) is 0. The first kappa shape index (κ1) is 18.3. The van der Waals surface area contributed by atoms with Crippen LogP contribution < -0.4 is 4.74 Å². The highest BCUT2D eigenvalue weighted by Gasteiger charge is 2.68. The molecule has 0 saturated heterocycles. The first-order valence-electron chi connectivity index (χ1n) is 11.5. The maximum absolute atomic E-state index is 13.0. The summed E-state index contributed by atoms with van der Waals surface area (Å²) in [6.07, 6.45) is 4.95. The van der Waals surface area contributed by atoms with E-state index in [4.69, 9.17) is 4.74 Å². The molecular formula is C28H22O4. The highest BCUT2D eigenvalue weighted by molar-refractivity contribution is 6.02. The first-order valence-corrected chi connectivity index (χ1v) is 11.5. The van der Waals surface area contributed by atoms with Crippen LogP contribution >= 0.6 is 0 Å². The van der Waals surface area contributed by atoms with Gasteiger partial charge in [0, 0.05) is 35.5 Å². The molecule has 4 heteroatoms. The lowest BCUT2D eigenvalue weighted by atomic mass is 9.69. The van der Waals surface area contributed by atoms with E-state index in [-0.39, 0.29) is 65.4 Å². The topological polar surface area (TPSA) is 60.4 Å². The molecule has 3 fully saturated rings. The second-order valence-corrected chi connectivity index (χ2v) is 9.88. The Morgan fingerprint density at radius 1 is 0.844 bits per heavy atom. The number of hydrogen-bond acceptors (Lipinski definition) is 4. The average molecular weight is 422 g/mol. The van der Waals surface area contributed by atoms with E-state index in [2.05, 4.69) is 24.3 Å². The van der Waals surface area contributed by atoms with Crippen molar-refractivity contribution >= 4 is 39.1 Å². The van der Waals surface area contributed by atoms with Crippen LogP contribution in [0.15, 0.2) is 66.7 Å². The number of ketones is 2. The van der Waals surface area contributed by atoms with Gasteiger partial charge in [0.1, 0.15) is 17.3 Å². The Kier molecular flexibility index (Phi) is 3.65. The monoisotopic (exact) mass is 422 g/mol. The summed E-state index contributed by atoms with van der Waals surface area (Å²) in [5, 5.41) is 4.18. The van der Waals surface area contributed by atoms with E-state index in [1.165, 1.54) is 0 Å². The number of allylic oxidation sites excluding steroid dienone is 2. The number of fused-ring (bicyclic) bond motifs is 11. The summed E-state index contributed by atoms with van der Waals surface area (Å²) in [6, 6.07) is 18.1. The maximum atomic E-state index is 13.0. The SMILES string of the molecule is O=C(CC1CC2C(=O)C1C1C3C=CC(C3=O)C21)Oc1cccc2cc3ccccc3cc12. The van der Waals surface area contributed by atoms with Gasteiger partial charge in [-0.25, -0.2) is 0 Å². The molecule has 7 rings (SSSR count). The van der Waals surface area contributed by atoms with Crippen molar-refractivity contribution in [2.75, 3.05) is 0 Å². The fourth-order valence-electron chi connectivity index (χ4n) is 7.28. The zero-order valence-corrected chi connectivity index (χ0v) is 17.4. The molecule has 0 aliphatic heterocycles.